The summed E-state index contributed by atoms with van der Waals surface area (Å²) in [4.78, 5) is 5.42. The number of aryl methyl sites for hydroxylation is 1. The van der Waals surface area contributed by atoms with E-state index in [1.165, 1.54) is 10.4 Å². The van der Waals surface area contributed by atoms with Crippen LogP contribution in [0.3, 0.4) is 0 Å². The van der Waals surface area contributed by atoms with Crippen molar-refractivity contribution in [2.75, 3.05) is 6.54 Å². The van der Waals surface area contributed by atoms with Crippen LogP contribution in [0.4, 0.5) is 0 Å². The maximum absolute atomic E-state index is 6.01. The summed E-state index contributed by atoms with van der Waals surface area (Å²) in [5, 5.41) is 3.65. The molecular weight excluding hydrogens is 288 g/mol. The van der Waals surface area contributed by atoms with E-state index in [1.54, 1.807) is 11.3 Å². The summed E-state index contributed by atoms with van der Waals surface area (Å²) in [6.07, 6.45) is 8.17. The van der Waals surface area contributed by atoms with Crippen molar-refractivity contribution in [2.24, 2.45) is 0 Å². The van der Waals surface area contributed by atoms with Gasteiger partial charge in [0.15, 0.2) is 0 Å². The summed E-state index contributed by atoms with van der Waals surface area (Å²) in [5.74, 6) is 0. The van der Waals surface area contributed by atoms with Crippen LogP contribution in [-0.4, -0.2) is 17.6 Å². The van der Waals surface area contributed by atoms with Crippen molar-refractivity contribution >= 4 is 22.9 Å². The predicted molar refractivity (Wildman–Crippen MR) is 87.7 cm³/mol. The average molecular weight is 309 g/mol. The van der Waals surface area contributed by atoms with Gasteiger partial charge in [-0.15, -0.1) is 11.3 Å². The molecule has 0 spiro atoms. The lowest BCUT2D eigenvalue weighted by atomic mass is 10.0. The van der Waals surface area contributed by atoms with Crippen molar-refractivity contribution < 1.29 is 0 Å². The van der Waals surface area contributed by atoms with E-state index in [1.807, 2.05) is 18.5 Å². The second kappa shape index (κ2) is 8.40. The molecule has 2 aromatic heterocycles. The van der Waals surface area contributed by atoms with Crippen LogP contribution in [0.15, 0.2) is 36.7 Å². The van der Waals surface area contributed by atoms with Gasteiger partial charge < -0.3 is 5.32 Å². The fourth-order valence-corrected chi connectivity index (χ4v) is 3.39. The minimum atomic E-state index is 0.512. The number of pyridine rings is 1. The first-order valence-corrected chi connectivity index (χ1v) is 8.34. The second-order valence-electron chi connectivity index (χ2n) is 4.96. The third-order valence-corrected chi connectivity index (χ3v) is 4.54. The van der Waals surface area contributed by atoms with Crippen molar-refractivity contribution in [3.05, 3.63) is 51.4 Å². The lowest BCUT2D eigenvalue weighted by molar-refractivity contribution is 0.480. The van der Waals surface area contributed by atoms with Crippen molar-refractivity contribution in [3.63, 3.8) is 0 Å². The number of hydrogen-bond donors (Lipinski definition) is 1. The van der Waals surface area contributed by atoms with Crippen LogP contribution in [0.1, 0.15) is 30.2 Å². The number of rotatable bonds is 8. The molecule has 0 fully saturated rings. The zero-order valence-corrected chi connectivity index (χ0v) is 13.4. The van der Waals surface area contributed by atoms with Gasteiger partial charge in [0, 0.05) is 23.3 Å². The maximum Gasteiger partial charge on any atom is 0.0931 e. The molecule has 0 aliphatic rings. The van der Waals surface area contributed by atoms with E-state index in [2.05, 4.69) is 35.4 Å². The molecule has 0 aliphatic heterocycles. The number of nitrogens with zero attached hydrogens (tertiary/aromatic N) is 1. The topological polar surface area (TPSA) is 24.9 Å². The van der Waals surface area contributed by atoms with Gasteiger partial charge in [-0.3, -0.25) is 4.98 Å². The van der Waals surface area contributed by atoms with Crippen LogP contribution in [0.2, 0.25) is 4.34 Å². The van der Waals surface area contributed by atoms with E-state index in [4.69, 9.17) is 11.6 Å². The van der Waals surface area contributed by atoms with Crippen LogP contribution < -0.4 is 5.32 Å². The molecule has 0 radical (unpaired) electrons. The van der Waals surface area contributed by atoms with Crippen LogP contribution in [0.5, 0.6) is 0 Å². The fraction of sp³-hybridized carbons (Fsp3) is 0.438. The van der Waals surface area contributed by atoms with Gasteiger partial charge in [0.05, 0.1) is 4.34 Å². The average Bonchev–Trinajstić information content (AvgIpc) is 2.88. The molecule has 0 saturated carbocycles. The highest BCUT2D eigenvalue weighted by atomic mass is 35.5. The zero-order chi connectivity index (χ0) is 14.2. The lowest BCUT2D eigenvalue weighted by Crippen LogP contribution is -2.32. The molecule has 2 aromatic rings. The molecule has 1 unspecified atom stereocenters. The van der Waals surface area contributed by atoms with Gasteiger partial charge in [0.2, 0.25) is 0 Å². The molecule has 1 N–H and O–H groups in total. The number of hydrogen-bond acceptors (Lipinski definition) is 3. The summed E-state index contributed by atoms with van der Waals surface area (Å²) in [6.45, 7) is 3.27. The molecule has 108 valence electrons. The predicted octanol–water partition coefficient (Wildman–Crippen LogP) is 4.34. The Hall–Kier alpha value is -0.900. The normalized spacial score (nSPS) is 12.5. The standard InChI is InChI=1S/C16H21ClN2S/c1-2-9-19-14(12-15-5-6-16(17)20-15)4-3-13-7-10-18-11-8-13/h5-8,10-11,14,19H,2-4,9,12H2,1H3. The van der Waals surface area contributed by atoms with Crippen LogP contribution in [-0.2, 0) is 12.8 Å². The van der Waals surface area contributed by atoms with E-state index in [0.717, 1.165) is 36.6 Å². The van der Waals surface area contributed by atoms with Gasteiger partial charge in [0.1, 0.15) is 0 Å². The molecular formula is C16H21ClN2S. The minimum absolute atomic E-state index is 0.512. The summed E-state index contributed by atoms with van der Waals surface area (Å²) in [5.41, 5.74) is 1.35. The number of aromatic nitrogens is 1. The molecule has 0 saturated heterocycles. The summed E-state index contributed by atoms with van der Waals surface area (Å²) in [6, 6.07) is 8.83. The molecule has 2 nitrogen and oxygen atoms in total. The van der Waals surface area contributed by atoms with Crippen molar-refractivity contribution in [3.8, 4) is 0 Å². The zero-order valence-electron chi connectivity index (χ0n) is 11.8. The second-order valence-corrected chi connectivity index (χ2v) is 6.75. The van der Waals surface area contributed by atoms with Gasteiger partial charge in [0.25, 0.3) is 0 Å². The van der Waals surface area contributed by atoms with Gasteiger partial charge in [-0.1, -0.05) is 18.5 Å². The number of halogens is 1. The monoisotopic (exact) mass is 308 g/mol. The maximum atomic E-state index is 6.01. The molecule has 0 aromatic carbocycles. The highest BCUT2D eigenvalue weighted by Crippen LogP contribution is 2.23. The smallest absolute Gasteiger partial charge is 0.0931 e. The fourth-order valence-electron chi connectivity index (χ4n) is 2.22. The quantitative estimate of drug-likeness (QED) is 0.784. The van der Waals surface area contributed by atoms with E-state index >= 15 is 0 Å². The number of thiophene rings is 1. The van der Waals surface area contributed by atoms with Crippen LogP contribution in [0, 0.1) is 0 Å². The molecule has 2 rings (SSSR count). The molecule has 1 atom stereocenters. The summed E-state index contributed by atoms with van der Waals surface area (Å²) in [7, 11) is 0. The van der Waals surface area contributed by atoms with Crippen LogP contribution in [0.25, 0.3) is 0 Å². The highest BCUT2D eigenvalue weighted by molar-refractivity contribution is 7.16. The SMILES string of the molecule is CCCNC(CCc1ccncc1)Cc1ccc(Cl)s1. The first-order chi connectivity index (χ1) is 9.78. The van der Waals surface area contributed by atoms with Crippen molar-refractivity contribution in [1.82, 2.24) is 10.3 Å². The largest absolute Gasteiger partial charge is 0.314 e. The molecule has 0 aliphatic carbocycles. The Morgan fingerprint density at radius 2 is 2.05 bits per heavy atom. The Balaban J connectivity index is 1.89. The van der Waals surface area contributed by atoms with E-state index in [0.29, 0.717) is 6.04 Å². The Morgan fingerprint density at radius 1 is 1.25 bits per heavy atom. The first-order valence-electron chi connectivity index (χ1n) is 7.14. The van der Waals surface area contributed by atoms with E-state index in [9.17, 15) is 0 Å². The number of nitrogens with one attached hydrogen (secondary N) is 1. The minimum Gasteiger partial charge on any atom is -0.314 e. The molecule has 0 bridgehead atoms. The van der Waals surface area contributed by atoms with E-state index < -0.39 is 0 Å². The van der Waals surface area contributed by atoms with Crippen molar-refractivity contribution in [1.29, 1.82) is 0 Å². The Kier molecular flexibility index (Phi) is 6.51. The third kappa shape index (κ3) is 5.23. The Morgan fingerprint density at radius 3 is 2.70 bits per heavy atom. The highest BCUT2D eigenvalue weighted by Gasteiger charge is 2.10. The molecule has 2 heterocycles. The molecule has 0 amide bonds. The van der Waals surface area contributed by atoms with Crippen LogP contribution >= 0.6 is 22.9 Å². The first kappa shape index (κ1) is 15.5. The van der Waals surface area contributed by atoms with E-state index in [-0.39, 0.29) is 0 Å². The Bertz CT molecular complexity index is 498. The van der Waals surface area contributed by atoms with Crippen molar-refractivity contribution in [2.45, 2.75) is 38.6 Å². The molecule has 20 heavy (non-hydrogen) atoms. The van der Waals surface area contributed by atoms with Gasteiger partial charge >= 0.3 is 0 Å². The van der Waals surface area contributed by atoms with Gasteiger partial charge in [-0.2, -0.15) is 0 Å². The summed E-state index contributed by atoms with van der Waals surface area (Å²) < 4.78 is 0.878. The Labute approximate surface area is 130 Å². The lowest BCUT2D eigenvalue weighted by Gasteiger charge is -2.17. The van der Waals surface area contributed by atoms with Gasteiger partial charge in [-0.25, -0.2) is 0 Å². The summed E-state index contributed by atoms with van der Waals surface area (Å²) >= 11 is 7.70. The van der Waals surface area contributed by atoms with Gasteiger partial charge in [-0.05, 0) is 62.1 Å². The third-order valence-electron chi connectivity index (χ3n) is 3.29. The molecule has 4 heteroatoms.